The van der Waals surface area contributed by atoms with Crippen molar-refractivity contribution in [3.05, 3.63) is 48.6 Å². The summed E-state index contributed by atoms with van der Waals surface area (Å²) < 4.78 is 5.77. The topological polar surface area (TPSA) is 69.5 Å². The number of oxime groups is 1. The lowest BCUT2D eigenvalue weighted by molar-refractivity contribution is 0.172. The lowest BCUT2D eigenvalue weighted by Crippen LogP contribution is -2.15. The first-order chi connectivity index (χ1) is 12.8. The van der Waals surface area contributed by atoms with Gasteiger partial charge in [-0.2, -0.15) is 0 Å². The van der Waals surface area contributed by atoms with Crippen molar-refractivity contribution in [3.63, 3.8) is 0 Å². The van der Waals surface area contributed by atoms with E-state index in [-0.39, 0.29) is 0 Å². The van der Waals surface area contributed by atoms with Crippen LogP contribution in [0, 0.1) is 6.92 Å². The quantitative estimate of drug-likeness (QED) is 0.372. The van der Waals surface area contributed by atoms with Crippen molar-refractivity contribution in [1.29, 1.82) is 0 Å². The van der Waals surface area contributed by atoms with Crippen LogP contribution < -0.4 is 4.74 Å². The molecule has 0 N–H and O–H groups in total. The van der Waals surface area contributed by atoms with Crippen molar-refractivity contribution in [1.82, 2.24) is 15.0 Å². The third kappa shape index (κ3) is 3.25. The van der Waals surface area contributed by atoms with E-state index in [1.807, 2.05) is 25.3 Å². The van der Waals surface area contributed by atoms with Crippen molar-refractivity contribution in [3.8, 4) is 25.5 Å². The van der Waals surface area contributed by atoms with Crippen LogP contribution in [0.15, 0.2) is 42.3 Å². The predicted molar refractivity (Wildman–Crippen MR) is 104 cm³/mol. The highest BCUT2D eigenvalue weighted by molar-refractivity contribution is 7.24. The van der Waals surface area contributed by atoms with Crippen molar-refractivity contribution < 1.29 is 9.57 Å². The zero-order chi connectivity index (χ0) is 17.9. The van der Waals surface area contributed by atoms with E-state index in [9.17, 15) is 0 Å². The molecule has 0 amide bonds. The number of aryl methyl sites for hydroxylation is 1. The fraction of sp³-hybridized carbons (Fsp3) is 0.222. The average molecular weight is 384 g/mol. The molecule has 1 aliphatic rings. The van der Waals surface area contributed by atoms with Crippen LogP contribution in [0.1, 0.15) is 17.8 Å². The van der Waals surface area contributed by atoms with Crippen LogP contribution in [0.5, 0.6) is 5.06 Å². The van der Waals surface area contributed by atoms with Gasteiger partial charge in [-0.3, -0.25) is 4.98 Å². The summed E-state index contributed by atoms with van der Waals surface area (Å²) >= 11 is 3.13. The zero-order valence-corrected chi connectivity index (χ0v) is 15.8. The van der Waals surface area contributed by atoms with E-state index in [2.05, 4.69) is 21.7 Å². The summed E-state index contributed by atoms with van der Waals surface area (Å²) in [5.41, 5.74) is 3.52. The molecule has 0 saturated carbocycles. The van der Waals surface area contributed by atoms with E-state index in [1.54, 1.807) is 23.6 Å². The van der Waals surface area contributed by atoms with Gasteiger partial charge in [-0.05, 0) is 19.1 Å². The number of aromatic nitrogens is 3. The number of thiazole rings is 2. The molecule has 4 heterocycles. The molecule has 0 atom stereocenters. The molecule has 3 aromatic rings. The molecule has 0 aromatic carbocycles. The van der Waals surface area contributed by atoms with Gasteiger partial charge >= 0.3 is 0 Å². The Hall–Kier alpha value is -2.58. The van der Waals surface area contributed by atoms with Gasteiger partial charge in [0.15, 0.2) is 0 Å². The molecule has 0 aliphatic carbocycles. The lowest BCUT2D eigenvalue weighted by atomic mass is 10.2. The van der Waals surface area contributed by atoms with Gasteiger partial charge in [0.1, 0.15) is 28.0 Å². The molecule has 1 aliphatic heterocycles. The summed E-state index contributed by atoms with van der Waals surface area (Å²) in [4.78, 5) is 19.9. The number of rotatable bonds is 5. The Morgan fingerprint density at radius 2 is 2.27 bits per heavy atom. The number of ether oxygens (including phenoxy) is 1. The second kappa shape index (κ2) is 7.35. The van der Waals surface area contributed by atoms with Crippen LogP contribution in [0.25, 0.3) is 20.5 Å². The first kappa shape index (κ1) is 16.9. The fourth-order valence-electron chi connectivity index (χ4n) is 2.51. The van der Waals surface area contributed by atoms with Gasteiger partial charge in [-0.1, -0.05) is 29.1 Å². The lowest BCUT2D eigenvalue weighted by Gasteiger charge is -2.12. The molecule has 0 spiro atoms. The number of pyridine rings is 1. The molecular weight excluding hydrogens is 368 g/mol. The number of hydrogen-bond donors (Lipinski definition) is 0. The largest absolute Gasteiger partial charge is 0.482 e. The van der Waals surface area contributed by atoms with Crippen molar-refractivity contribution in [2.24, 2.45) is 5.16 Å². The molecule has 3 aromatic heterocycles. The van der Waals surface area contributed by atoms with Gasteiger partial charge in [0.25, 0.3) is 0 Å². The Bertz CT molecular complexity index is 963. The van der Waals surface area contributed by atoms with Crippen molar-refractivity contribution in [2.75, 3.05) is 13.2 Å². The van der Waals surface area contributed by atoms with E-state index in [1.165, 1.54) is 11.3 Å². The Kier molecular flexibility index (Phi) is 4.77. The molecule has 132 valence electrons. The molecule has 26 heavy (non-hydrogen) atoms. The monoisotopic (exact) mass is 384 g/mol. The average Bonchev–Trinajstić information content (AvgIpc) is 3.26. The zero-order valence-electron chi connectivity index (χ0n) is 14.1. The molecule has 0 saturated heterocycles. The summed E-state index contributed by atoms with van der Waals surface area (Å²) in [5.74, 6) is 0. The third-order valence-electron chi connectivity index (χ3n) is 3.71. The molecule has 6 nitrogen and oxygen atoms in total. The number of fused-ring (bicyclic) bond motifs is 1. The van der Waals surface area contributed by atoms with Crippen LogP contribution in [-0.2, 0) is 4.84 Å². The first-order valence-corrected chi connectivity index (χ1v) is 9.71. The Labute approximate surface area is 158 Å². The molecule has 0 radical (unpaired) electrons. The van der Waals surface area contributed by atoms with Crippen LogP contribution in [0.2, 0.25) is 0 Å². The highest BCUT2D eigenvalue weighted by Crippen LogP contribution is 2.42. The smallest absolute Gasteiger partial charge is 0.204 e. The van der Waals surface area contributed by atoms with Gasteiger partial charge in [-0.15, -0.1) is 11.3 Å². The third-order valence-corrected chi connectivity index (χ3v) is 6.04. The first-order valence-electron chi connectivity index (χ1n) is 8.08. The molecule has 0 unspecified atom stereocenters. The van der Waals surface area contributed by atoms with Gasteiger partial charge in [0, 0.05) is 24.4 Å². The van der Waals surface area contributed by atoms with E-state index >= 15 is 0 Å². The SMILES string of the molecule is C=CCO/N=C1\CCOc2sc(-c3sc(-c4cccnc4)nc3C)nc21. The van der Waals surface area contributed by atoms with E-state index in [4.69, 9.17) is 14.6 Å². The summed E-state index contributed by atoms with van der Waals surface area (Å²) in [6.07, 6.45) is 5.92. The highest BCUT2D eigenvalue weighted by Gasteiger charge is 2.25. The second-order valence-electron chi connectivity index (χ2n) is 5.55. The van der Waals surface area contributed by atoms with E-state index in [0.29, 0.717) is 19.6 Å². The summed E-state index contributed by atoms with van der Waals surface area (Å²) in [6, 6.07) is 3.92. The van der Waals surface area contributed by atoms with Crippen LogP contribution in [0.4, 0.5) is 0 Å². The van der Waals surface area contributed by atoms with Crippen molar-refractivity contribution in [2.45, 2.75) is 13.3 Å². The van der Waals surface area contributed by atoms with Gasteiger partial charge < -0.3 is 9.57 Å². The minimum Gasteiger partial charge on any atom is -0.482 e. The molecule has 4 rings (SSSR count). The molecular formula is C18H16N4O2S2. The van der Waals surface area contributed by atoms with Gasteiger partial charge in [0.2, 0.25) is 5.06 Å². The highest BCUT2D eigenvalue weighted by atomic mass is 32.1. The summed E-state index contributed by atoms with van der Waals surface area (Å²) in [5, 5.41) is 6.79. The van der Waals surface area contributed by atoms with E-state index in [0.717, 1.165) is 42.6 Å². The van der Waals surface area contributed by atoms with Crippen molar-refractivity contribution >= 4 is 28.4 Å². The fourth-order valence-corrected chi connectivity index (χ4v) is 4.65. The van der Waals surface area contributed by atoms with Crippen LogP contribution in [-0.4, -0.2) is 33.9 Å². The second-order valence-corrected chi connectivity index (χ2v) is 7.51. The van der Waals surface area contributed by atoms with E-state index < -0.39 is 0 Å². The van der Waals surface area contributed by atoms with Gasteiger partial charge in [-0.25, -0.2) is 9.97 Å². The van der Waals surface area contributed by atoms with Crippen LogP contribution >= 0.6 is 22.7 Å². The molecule has 8 heteroatoms. The summed E-state index contributed by atoms with van der Waals surface area (Å²) in [6.45, 7) is 6.57. The molecule has 0 bridgehead atoms. The number of nitrogens with zero attached hydrogens (tertiary/aromatic N) is 4. The minimum atomic E-state index is 0.374. The summed E-state index contributed by atoms with van der Waals surface area (Å²) in [7, 11) is 0. The van der Waals surface area contributed by atoms with Gasteiger partial charge in [0.05, 0.1) is 17.2 Å². The van der Waals surface area contributed by atoms with Crippen LogP contribution in [0.3, 0.4) is 0 Å². The minimum absolute atomic E-state index is 0.374. The molecule has 0 fully saturated rings. The maximum absolute atomic E-state index is 5.77. The predicted octanol–water partition coefficient (Wildman–Crippen LogP) is 4.33. The maximum atomic E-state index is 5.77. The Morgan fingerprint density at radius 3 is 3.08 bits per heavy atom. The Balaban J connectivity index is 1.69. The standard InChI is InChI=1S/C18H16N4O2S2/c1-3-8-24-22-13-6-9-23-18-14(13)21-17(26-18)15-11(2)20-16(25-15)12-5-4-7-19-10-12/h3-5,7,10H,1,6,8-9H2,2H3/b22-13+. The number of hydrogen-bond acceptors (Lipinski definition) is 8. The maximum Gasteiger partial charge on any atom is 0.204 e. The Morgan fingerprint density at radius 1 is 1.35 bits per heavy atom. The normalized spacial score (nSPS) is 14.7.